The number of nitrogens with two attached hydrogens (primary N) is 2. The van der Waals surface area contributed by atoms with E-state index in [4.69, 9.17) is 11.5 Å². The maximum atomic E-state index is 5.70. The van der Waals surface area contributed by atoms with Crippen LogP contribution in [0.15, 0.2) is 54.6 Å². The molecule has 0 aliphatic rings. The van der Waals surface area contributed by atoms with Crippen molar-refractivity contribution in [2.24, 2.45) is 11.5 Å². The maximum absolute atomic E-state index is 5.70. The Bertz CT molecular complexity index is 856. The Kier molecular flexibility index (Phi) is 21.2. The van der Waals surface area contributed by atoms with Crippen LogP contribution in [0.4, 0.5) is 0 Å². The van der Waals surface area contributed by atoms with E-state index in [0.717, 1.165) is 58.7 Å². The van der Waals surface area contributed by atoms with E-state index in [9.17, 15) is 0 Å². The summed E-state index contributed by atoms with van der Waals surface area (Å²) in [5.41, 5.74) is 12.8. The maximum Gasteiger partial charge on any atom is 0.0217 e. The third kappa shape index (κ3) is 10.8. The molecule has 0 spiro atoms. The van der Waals surface area contributed by atoms with Gasteiger partial charge in [-0.25, -0.2) is 0 Å². The molecule has 5 N–H and O–H groups in total. The number of benzene rings is 3. The zero-order valence-corrected chi connectivity index (χ0v) is 23.2. The molecule has 0 saturated carbocycles. The minimum Gasteiger partial charge on any atom is -0.330 e. The number of nitrogens with zero attached hydrogens (tertiary/aromatic N) is 1. The predicted octanol–water partition coefficient (Wildman–Crippen LogP) is 5.94. The summed E-state index contributed by atoms with van der Waals surface area (Å²) in [6.45, 7) is 6.93. The summed E-state index contributed by atoms with van der Waals surface area (Å²) in [4.78, 5) is 2.56. The lowest BCUT2D eigenvalue weighted by Crippen LogP contribution is -2.29. The van der Waals surface area contributed by atoms with Crippen molar-refractivity contribution >= 4 is 71.2 Å². The lowest BCUT2D eigenvalue weighted by molar-refractivity contribution is 0.261. The SMILES string of the molecule is Cl.Cl.Cl.Cl.NCCCCN(CCCN)CCCCNCc1c2ccccc2cc2ccccc12. The lowest BCUT2D eigenvalue weighted by atomic mass is 9.97. The topological polar surface area (TPSA) is 67.3 Å². The summed E-state index contributed by atoms with van der Waals surface area (Å²) in [6, 6.07) is 19.7. The summed E-state index contributed by atoms with van der Waals surface area (Å²) in [7, 11) is 0. The summed E-state index contributed by atoms with van der Waals surface area (Å²) in [5, 5.41) is 9.06. The van der Waals surface area contributed by atoms with E-state index in [-0.39, 0.29) is 49.6 Å². The van der Waals surface area contributed by atoms with Crippen molar-refractivity contribution in [2.45, 2.75) is 38.6 Å². The second-order valence-electron chi connectivity index (χ2n) is 8.16. The highest BCUT2D eigenvalue weighted by molar-refractivity contribution is 6.02. The van der Waals surface area contributed by atoms with E-state index in [1.54, 1.807) is 0 Å². The molecule has 0 aromatic heterocycles. The van der Waals surface area contributed by atoms with Crippen LogP contribution in [-0.4, -0.2) is 44.2 Å². The molecule has 4 nitrogen and oxygen atoms in total. The first-order valence-corrected chi connectivity index (χ1v) is 11.6. The molecule has 194 valence electrons. The van der Waals surface area contributed by atoms with Gasteiger partial charge >= 0.3 is 0 Å². The van der Waals surface area contributed by atoms with Gasteiger partial charge < -0.3 is 21.7 Å². The van der Waals surface area contributed by atoms with Crippen LogP contribution in [0, 0.1) is 0 Å². The van der Waals surface area contributed by atoms with E-state index >= 15 is 0 Å². The van der Waals surface area contributed by atoms with Crippen molar-refractivity contribution < 1.29 is 0 Å². The molecule has 0 unspecified atom stereocenters. The fraction of sp³-hybridized carbons (Fsp3) is 0.462. The molecule has 0 heterocycles. The van der Waals surface area contributed by atoms with Crippen molar-refractivity contribution in [3.8, 4) is 0 Å². The monoisotopic (exact) mass is 550 g/mol. The van der Waals surface area contributed by atoms with E-state index in [0.29, 0.717) is 0 Å². The van der Waals surface area contributed by atoms with Crippen LogP contribution in [0.3, 0.4) is 0 Å². The first-order chi connectivity index (χ1) is 14.8. The van der Waals surface area contributed by atoms with Crippen molar-refractivity contribution in [3.63, 3.8) is 0 Å². The average Bonchev–Trinajstić information content (AvgIpc) is 2.78. The molecular formula is C26H42Cl4N4. The molecule has 0 saturated heterocycles. The Morgan fingerprint density at radius 2 is 1.12 bits per heavy atom. The van der Waals surface area contributed by atoms with E-state index in [1.807, 2.05) is 0 Å². The molecule has 0 fully saturated rings. The highest BCUT2D eigenvalue weighted by atomic mass is 35.5. The lowest BCUT2D eigenvalue weighted by Gasteiger charge is -2.22. The molecule has 0 atom stereocenters. The molecule has 0 aliphatic heterocycles. The molecule has 0 radical (unpaired) electrons. The van der Waals surface area contributed by atoms with Gasteiger partial charge in [-0.3, -0.25) is 0 Å². The van der Waals surface area contributed by atoms with Gasteiger partial charge in [0.2, 0.25) is 0 Å². The van der Waals surface area contributed by atoms with Crippen molar-refractivity contribution in [2.75, 3.05) is 39.3 Å². The van der Waals surface area contributed by atoms with Gasteiger partial charge in [0.25, 0.3) is 0 Å². The van der Waals surface area contributed by atoms with Crippen LogP contribution in [0.5, 0.6) is 0 Å². The number of unbranched alkanes of at least 4 members (excludes halogenated alkanes) is 2. The van der Waals surface area contributed by atoms with Crippen LogP contribution < -0.4 is 16.8 Å². The van der Waals surface area contributed by atoms with Gasteiger partial charge in [-0.2, -0.15) is 0 Å². The van der Waals surface area contributed by atoms with Crippen LogP contribution in [0.25, 0.3) is 21.5 Å². The molecule has 3 rings (SSSR count). The third-order valence-electron chi connectivity index (χ3n) is 5.87. The Morgan fingerprint density at radius 1 is 0.618 bits per heavy atom. The van der Waals surface area contributed by atoms with Gasteiger partial charge in [-0.15, -0.1) is 49.6 Å². The normalized spacial score (nSPS) is 10.3. The summed E-state index contributed by atoms with van der Waals surface area (Å²) in [5.74, 6) is 0. The molecule has 0 aliphatic carbocycles. The number of fused-ring (bicyclic) bond motifs is 2. The molecule has 0 bridgehead atoms. The van der Waals surface area contributed by atoms with Crippen LogP contribution >= 0.6 is 49.6 Å². The number of halogens is 4. The van der Waals surface area contributed by atoms with Crippen molar-refractivity contribution in [1.82, 2.24) is 10.2 Å². The zero-order chi connectivity index (χ0) is 21.0. The molecule has 3 aromatic carbocycles. The van der Waals surface area contributed by atoms with E-state index in [2.05, 4.69) is 64.8 Å². The highest BCUT2D eigenvalue weighted by Crippen LogP contribution is 2.28. The summed E-state index contributed by atoms with van der Waals surface area (Å²) >= 11 is 0. The number of rotatable bonds is 14. The van der Waals surface area contributed by atoms with Crippen LogP contribution in [0.1, 0.15) is 37.7 Å². The van der Waals surface area contributed by atoms with Gasteiger partial charge in [0.1, 0.15) is 0 Å². The number of hydrogen-bond acceptors (Lipinski definition) is 4. The average molecular weight is 552 g/mol. The zero-order valence-electron chi connectivity index (χ0n) is 19.9. The number of nitrogens with one attached hydrogen (secondary N) is 1. The van der Waals surface area contributed by atoms with Crippen LogP contribution in [0.2, 0.25) is 0 Å². The van der Waals surface area contributed by atoms with Gasteiger partial charge in [0.15, 0.2) is 0 Å². The molecular weight excluding hydrogens is 510 g/mol. The highest BCUT2D eigenvalue weighted by Gasteiger charge is 2.07. The second kappa shape index (κ2) is 20.4. The van der Waals surface area contributed by atoms with Gasteiger partial charge in [0.05, 0.1) is 0 Å². The Labute approximate surface area is 230 Å². The first kappa shape index (κ1) is 35.3. The fourth-order valence-corrected chi connectivity index (χ4v) is 4.23. The second-order valence-corrected chi connectivity index (χ2v) is 8.16. The van der Waals surface area contributed by atoms with Gasteiger partial charge in [-0.1, -0.05) is 48.5 Å². The predicted molar refractivity (Wildman–Crippen MR) is 160 cm³/mol. The largest absolute Gasteiger partial charge is 0.330 e. The summed E-state index contributed by atoms with van der Waals surface area (Å²) < 4.78 is 0. The molecule has 0 amide bonds. The van der Waals surface area contributed by atoms with Crippen molar-refractivity contribution in [1.29, 1.82) is 0 Å². The Balaban J connectivity index is 0. The summed E-state index contributed by atoms with van der Waals surface area (Å²) in [6.07, 6.45) is 5.79. The van der Waals surface area contributed by atoms with E-state index < -0.39 is 0 Å². The van der Waals surface area contributed by atoms with Crippen molar-refractivity contribution in [3.05, 3.63) is 60.2 Å². The first-order valence-electron chi connectivity index (χ1n) is 11.6. The molecule has 34 heavy (non-hydrogen) atoms. The third-order valence-corrected chi connectivity index (χ3v) is 5.87. The van der Waals surface area contributed by atoms with Gasteiger partial charge in [-0.05, 0) is 105 Å². The quantitative estimate of drug-likeness (QED) is 0.171. The fourth-order valence-electron chi connectivity index (χ4n) is 4.23. The minimum atomic E-state index is 0. The van der Waals surface area contributed by atoms with E-state index in [1.165, 1.54) is 46.4 Å². The smallest absolute Gasteiger partial charge is 0.0217 e. The Morgan fingerprint density at radius 3 is 1.68 bits per heavy atom. The van der Waals surface area contributed by atoms with Gasteiger partial charge in [0, 0.05) is 6.54 Å². The number of hydrogen-bond donors (Lipinski definition) is 3. The Hall–Kier alpha value is -0.820. The minimum absolute atomic E-state index is 0. The molecule has 3 aromatic rings. The molecule has 8 heteroatoms. The standard InChI is InChI=1S/C26H38N4.4ClH/c27-14-5-7-17-30(19-9-15-28)18-8-6-16-29-21-26-24-12-3-1-10-22(24)20-23-11-2-4-13-25(23)26;;;;/h1-4,10-13,20,29H,5-9,14-19,21,27-28H2;4*1H. The van der Waals surface area contributed by atoms with Crippen LogP contribution in [-0.2, 0) is 6.54 Å².